The lowest BCUT2D eigenvalue weighted by Crippen LogP contribution is -2.41. The number of ether oxygens (including phenoxy) is 1. The summed E-state index contributed by atoms with van der Waals surface area (Å²) >= 11 is 0. The topological polar surface area (TPSA) is 55.6 Å². The molecule has 78 valence electrons. The van der Waals surface area contributed by atoms with Crippen molar-refractivity contribution in [2.24, 2.45) is 5.73 Å². The van der Waals surface area contributed by atoms with E-state index in [1.165, 1.54) is 0 Å². The third-order valence-corrected chi connectivity index (χ3v) is 1.78. The molecule has 1 unspecified atom stereocenters. The molecule has 0 bridgehead atoms. The quantitative estimate of drug-likeness (QED) is 0.648. The largest absolute Gasteiger partial charge is 0.383 e. The van der Waals surface area contributed by atoms with Crippen molar-refractivity contribution in [1.29, 1.82) is 0 Å². The summed E-state index contributed by atoms with van der Waals surface area (Å²) < 4.78 is 4.88. The van der Waals surface area contributed by atoms with Gasteiger partial charge in [0, 0.05) is 33.2 Å². The van der Waals surface area contributed by atoms with Crippen molar-refractivity contribution in [1.82, 2.24) is 4.90 Å². The number of carbonyl (C=O) groups excluding carboxylic acids is 1. The van der Waals surface area contributed by atoms with Crippen molar-refractivity contribution >= 4 is 5.91 Å². The molecule has 0 saturated heterocycles. The van der Waals surface area contributed by atoms with Crippen molar-refractivity contribution in [3.05, 3.63) is 0 Å². The van der Waals surface area contributed by atoms with Crippen LogP contribution in [0.5, 0.6) is 0 Å². The Balaban J connectivity index is 3.71. The van der Waals surface area contributed by atoms with Crippen LogP contribution in [0.1, 0.15) is 19.8 Å². The minimum Gasteiger partial charge on any atom is -0.383 e. The number of carbonyl (C=O) groups is 1. The number of hydrogen-bond donors (Lipinski definition) is 1. The Morgan fingerprint density at radius 2 is 2.23 bits per heavy atom. The average molecular weight is 188 g/mol. The molecular weight excluding hydrogens is 168 g/mol. The van der Waals surface area contributed by atoms with Crippen molar-refractivity contribution < 1.29 is 9.53 Å². The van der Waals surface area contributed by atoms with E-state index in [2.05, 4.69) is 0 Å². The molecule has 1 amide bonds. The van der Waals surface area contributed by atoms with Crippen molar-refractivity contribution in [3.8, 4) is 0 Å². The van der Waals surface area contributed by atoms with Crippen LogP contribution in [0.4, 0.5) is 0 Å². The Hall–Kier alpha value is -0.610. The zero-order valence-corrected chi connectivity index (χ0v) is 8.75. The number of rotatable bonds is 6. The van der Waals surface area contributed by atoms with E-state index in [4.69, 9.17) is 10.5 Å². The van der Waals surface area contributed by atoms with Crippen LogP contribution < -0.4 is 5.73 Å². The summed E-state index contributed by atoms with van der Waals surface area (Å²) in [6.45, 7) is 3.04. The Kier molecular flexibility index (Phi) is 6.54. The number of methoxy groups -OCH3 is 1. The van der Waals surface area contributed by atoms with Crippen LogP contribution in [0.2, 0.25) is 0 Å². The summed E-state index contributed by atoms with van der Waals surface area (Å²) in [5.74, 6) is 0.147. The molecule has 0 rings (SSSR count). The first-order chi connectivity index (χ1) is 6.11. The van der Waals surface area contributed by atoms with Crippen LogP contribution >= 0.6 is 0 Å². The van der Waals surface area contributed by atoms with Crippen LogP contribution in [0.3, 0.4) is 0 Å². The third-order valence-electron chi connectivity index (χ3n) is 1.78. The summed E-state index contributed by atoms with van der Waals surface area (Å²) in [4.78, 5) is 13.0. The third kappa shape index (κ3) is 5.60. The van der Waals surface area contributed by atoms with Gasteiger partial charge in [0.2, 0.25) is 5.91 Å². The van der Waals surface area contributed by atoms with Gasteiger partial charge in [-0.15, -0.1) is 0 Å². The molecule has 0 aromatic heterocycles. The first-order valence-corrected chi connectivity index (χ1v) is 4.60. The molecule has 4 nitrogen and oxygen atoms in total. The van der Waals surface area contributed by atoms with Gasteiger partial charge < -0.3 is 15.4 Å². The van der Waals surface area contributed by atoms with Crippen LogP contribution in [0.25, 0.3) is 0 Å². The molecule has 4 heteroatoms. The van der Waals surface area contributed by atoms with Gasteiger partial charge in [0.1, 0.15) is 0 Å². The first kappa shape index (κ1) is 12.4. The van der Waals surface area contributed by atoms with Crippen LogP contribution in [-0.4, -0.2) is 44.2 Å². The summed E-state index contributed by atoms with van der Waals surface area (Å²) in [5, 5.41) is 0. The molecular formula is C9H20N2O2. The van der Waals surface area contributed by atoms with E-state index in [9.17, 15) is 4.79 Å². The standard InChI is InChI=1S/C9H20N2O2/c1-4-5-9(12)11(2)6-8(10)7-13-3/h8H,4-7,10H2,1-3H3. The molecule has 0 aliphatic rings. The zero-order valence-electron chi connectivity index (χ0n) is 8.75. The van der Waals surface area contributed by atoms with E-state index in [-0.39, 0.29) is 11.9 Å². The predicted octanol–water partition coefficient (Wildman–Crippen LogP) is 0.219. The highest BCUT2D eigenvalue weighted by Crippen LogP contribution is 1.95. The van der Waals surface area contributed by atoms with Crippen molar-refractivity contribution in [3.63, 3.8) is 0 Å². The number of hydrogen-bond acceptors (Lipinski definition) is 3. The lowest BCUT2D eigenvalue weighted by Gasteiger charge is -2.20. The van der Waals surface area contributed by atoms with Gasteiger partial charge in [-0.05, 0) is 6.42 Å². The highest BCUT2D eigenvalue weighted by Gasteiger charge is 2.11. The fraction of sp³-hybridized carbons (Fsp3) is 0.889. The maximum atomic E-state index is 11.3. The number of amides is 1. The molecule has 0 aromatic rings. The highest BCUT2D eigenvalue weighted by atomic mass is 16.5. The second-order valence-corrected chi connectivity index (χ2v) is 3.24. The Bertz CT molecular complexity index is 151. The lowest BCUT2D eigenvalue weighted by atomic mass is 10.2. The van der Waals surface area contributed by atoms with Crippen molar-refractivity contribution in [2.45, 2.75) is 25.8 Å². The molecule has 0 radical (unpaired) electrons. The lowest BCUT2D eigenvalue weighted by molar-refractivity contribution is -0.130. The second-order valence-electron chi connectivity index (χ2n) is 3.24. The van der Waals surface area contributed by atoms with Crippen LogP contribution in [-0.2, 0) is 9.53 Å². The maximum Gasteiger partial charge on any atom is 0.222 e. The normalized spacial score (nSPS) is 12.6. The molecule has 0 aliphatic heterocycles. The maximum absolute atomic E-state index is 11.3. The average Bonchev–Trinajstić information content (AvgIpc) is 2.05. The van der Waals surface area contributed by atoms with E-state index < -0.39 is 0 Å². The summed E-state index contributed by atoms with van der Waals surface area (Å²) in [6, 6.07) is -0.0872. The van der Waals surface area contributed by atoms with Gasteiger partial charge in [0.05, 0.1) is 6.61 Å². The molecule has 0 fully saturated rings. The van der Waals surface area contributed by atoms with Crippen molar-refractivity contribution in [2.75, 3.05) is 27.3 Å². The predicted molar refractivity (Wildman–Crippen MR) is 52.4 cm³/mol. The fourth-order valence-electron chi connectivity index (χ4n) is 1.13. The first-order valence-electron chi connectivity index (χ1n) is 4.60. The minimum atomic E-state index is -0.0872. The van der Waals surface area contributed by atoms with Gasteiger partial charge in [-0.25, -0.2) is 0 Å². The number of likely N-dealkylation sites (N-methyl/N-ethyl adjacent to an activating group) is 1. The monoisotopic (exact) mass is 188 g/mol. The number of nitrogens with zero attached hydrogens (tertiary/aromatic N) is 1. The molecule has 2 N–H and O–H groups in total. The summed E-state index contributed by atoms with van der Waals surface area (Å²) in [6.07, 6.45) is 1.47. The second kappa shape index (κ2) is 6.86. The smallest absolute Gasteiger partial charge is 0.222 e. The molecule has 0 heterocycles. The summed E-state index contributed by atoms with van der Waals surface area (Å²) in [7, 11) is 3.38. The zero-order chi connectivity index (χ0) is 10.3. The highest BCUT2D eigenvalue weighted by molar-refractivity contribution is 5.75. The number of nitrogens with two attached hydrogens (primary N) is 1. The molecule has 13 heavy (non-hydrogen) atoms. The molecule has 0 aliphatic carbocycles. The molecule has 0 aromatic carbocycles. The Morgan fingerprint density at radius 1 is 1.62 bits per heavy atom. The van der Waals surface area contributed by atoms with Gasteiger partial charge >= 0.3 is 0 Å². The Labute approximate surface area is 80.0 Å². The van der Waals surface area contributed by atoms with Crippen LogP contribution in [0.15, 0.2) is 0 Å². The van der Waals surface area contributed by atoms with Gasteiger partial charge in [0.25, 0.3) is 0 Å². The van der Waals surface area contributed by atoms with Gasteiger partial charge in [-0.2, -0.15) is 0 Å². The van der Waals surface area contributed by atoms with Crippen LogP contribution in [0, 0.1) is 0 Å². The fourth-order valence-corrected chi connectivity index (χ4v) is 1.13. The Morgan fingerprint density at radius 3 is 2.69 bits per heavy atom. The SMILES string of the molecule is CCCC(=O)N(C)CC(N)COC. The van der Waals surface area contributed by atoms with E-state index in [1.807, 2.05) is 6.92 Å². The molecule has 0 spiro atoms. The van der Waals surface area contributed by atoms with Gasteiger partial charge in [0.15, 0.2) is 0 Å². The van der Waals surface area contributed by atoms with E-state index >= 15 is 0 Å². The van der Waals surface area contributed by atoms with Gasteiger partial charge in [-0.1, -0.05) is 6.92 Å². The molecule has 1 atom stereocenters. The van der Waals surface area contributed by atoms with E-state index in [0.29, 0.717) is 19.6 Å². The molecule has 0 saturated carbocycles. The van der Waals surface area contributed by atoms with Gasteiger partial charge in [-0.3, -0.25) is 4.79 Å². The van der Waals surface area contributed by atoms with E-state index in [1.54, 1.807) is 19.1 Å². The summed E-state index contributed by atoms with van der Waals surface area (Å²) in [5.41, 5.74) is 5.70. The van der Waals surface area contributed by atoms with E-state index in [0.717, 1.165) is 6.42 Å². The minimum absolute atomic E-state index is 0.0872.